The van der Waals surface area contributed by atoms with E-state index in [0.29, 0.717) is 34.4 Å². The molecule has 0 spiro atoms. The smallest absolute Gasteiger partial charge is 0.319 e. The van der Waals surface area contributed by atoms with Gasteiger partial charge in [-0.3, -0.25) is 29.4 Å². The van der Waals surface area contributed by atoms with Gasteiger partial charge in [0, 0.05) is 30.4 Å². The first kappa shape index (κ1) is 25.2. The molecular formula is C24H21Cl2N5O5. The van der Waals surface area contributed by atoms with Gasteiger partial charge in [-0.2, -0.15) is 0 Å². The van der Waals surface area contributed by atoms with Gasteiger partial charge in [0.25, 0.3) is 11.8 Å². The third kappa shape index (κ3) is 5.84. The Morgan fingerprint density at radius 1 is 1.03 bits per heavy atom. The molecule has 2 aromatic rings. The fourth-order valence-corrected chi connectivity index (χ4v) is 4.13. The van der Waals surface area contributed by atoms with Gasteiger partial charge in [-0.25, -0.2) is 4.79 Å². The molecule has 6 amide bonds. The number of imide groups is 2. The second kappa shape index (κ2) is 10.8. The van der Waals surface area contributed by atoms with Gasteiger partial charge in [-0.1, -0.05) is 35.3 Å². The monoisotopic (exact) mass is 529 g/mol. The zero-order valence-electron chi connectivity index (χ0n) is 18.8. The minimum Gasteiger partial charge on any atom is -0.351 e. The molecule has 4 rings (SSSR count). The maximum Gasteiger partial charge on any atom is 0.319 e. The fourth-order valence-electron chi connectivity index (χ4n) is 3.83. The number of benzene rings is 2. The van der Waals surface area contributed by atoms with Crippen molar-refractivity contribution in [2.24, 2.45) is 0 Å². The molecule has 10 nitrogen and oxygen atoms in total. The zero-order chi connectivity index (χ0) is 25.8. The van der Waals surface area contributed by atoms with Crippen molar-refractivity contribution in [1.82, 2.24) is 15.5 Å². The Bertz CT molecular complexity index is 1300. The number of nitrogens with one attached hydrogen (secondary N) is 4. The number of anilines is 2. The SMILES string of the molecule is O=C1CCC(N2C(=O)C=C(Nc3cccc(CCNC(=O)Nc4ccc(Cl)c(Cl)c4)c3)C2=O)C(=O)N1. The lowest BCUT2D eigenvalue weighted by molar-refractivity contribution is -0.149. The van der Waals surface area contributed by atoms with Crippen LogP contribution >= 0.6 is 23.2 Å². The van der Waals surface area contributed by atoms with Crippen LogP contribution in [0.4, 0.5) is 16.2 Å². The number of halogens is 2. The lowest BCUT2D eigenvalue weighted by Gasteiger charge is -2.28. The van der Waals surface area contributed by atoms with Crippen molar-refractivity contribution >= 4 is 64.2 Å². The maximum atomic E-state index is 12.8. The van der Waals surface area contributed by atoms with Crippen molar-refractivity contribution < 1.29 is 24.0 Å². The summed E-state index contributed by atoms with van der Waals surface area (Å²) in [5.41, 5.74) is 1.96. The third-order valence-corrected chi connectivity index (χ3v) is 6.30. The predicted molar refractivity (Wildman–Crippen MR) is 133 cm³/mol. The Morgan fingerprint density at radius 2 is 1.83 bits per heavy atom. The fraction of sp³-hybridized carbons (Fsp3) is 0.208. The van der Waals surface area contributed by atoms with Crippen LogP contribution < -0.4 is 21.3 Å². The Morgan fingerprint density at radius 3 is 2.58 bits per heavy atom. The first-order valence-corrected chi connectivity index (χ1v) is 11.8. The summed E-state index contributed by atoms with van der Waals surface area (Å²) in [6, 6.07) is 10.5. The van der Waals surface area contributed by atoms with E-state index in [4.69, 9.17) is 23.2 Å². The van der Waals surface area contributed by atoms with Gasteiger partial charge in [0.15, 0.2) is 0 Å². The van der Waals surface area contributed by atoms with Crippen LogP contribution in [0.5, 0.6) is 0 Å². The third-order valence-electron chi connectivity index (χ3n) is 5.56. The molecule has 1 fully saturated rings. The summed E-state index contributed by atoms with van der Waals surface area (Å²) in [4.78, 5) is 61.7. The Kier molecular flexibility index (Phi) is 7.56. The maximum absolute atomic E-state index is 12.8. The number of piperidine rings is 1. The van der Waals surface area contributed by atoms with Gasteiger partial charge in [0.1, 0.15) is 11.7 Å². The van der Waals surface area contributed by atoms with Gasteiger partial charge in [0.2, 0.25) is 11.8 Å². The standard InChI is InChI=1S/C24H21Cl2N5O5/c25-16-5-4-15(11-17(16)26)29-24(36)27-9-8-13-2-1-3-14(10-13)28-18-12-21(33)31(23(18)35)19-6-7-20(32)30-22(19)34/h1-5,10-12,19,28H,6-9H2,(H2,27,29,36)(H,30,32,34). The Labute approximate surface area is 216 Å². The van der Waals surface area contributed by atoms with Crippen LogP contribution in [0.2, 0.25) is 10.0 Å². The van der Waals surface area contributed by atoms with E-state index >= 15 is 0 Å². The second-order valence-electron chi connectivity index (χ2n) is 8.12. The molecule has 36 heavy (non-hydrogen) atoms. The number of rotatable bonds is 7. The number of amides is 6. The highest BCUT2D eigenvalue weighted by molar-refractivity contribution is 6.42. The minimum atomic E-state index is -1.02. The number of hydrogen-bond acceptors (Lipinski definition) is 6. The molecule has 0 bridgehead atoms. The van der Waals surface area contributed by atoms with Gasteiger partial charge in [0.05, 0.1) is 10.0 Å². The zero-order valence-corrected chi connectivity index (χ0v) is 20.3. The van der Waals surface area contributed by atoms with Crippen molar-refractivity contribution in [1.29, 1.82) is 0 Å². The van der Waals surface area contributed by atoms with Crippen LogP contribution in [-0.4, -0.2) is 47.1 Å². The van der Waals surface area contributed by atoms with Crippen molar-refractivity contribution in [3.8, 4) is 0 Å². The highest BCUT2D eigenvalue weighted by atomic mass is 35.5. The molecule has 2 heterocycles. The molecule has 2 aliphatic rings. The summed E-state index contributed by atoms with van der Waals surface area (Å²) in [7, 11) is 0. The normalized spacial score (nSPS) is 17.6. The van der Waals surface area contributed by atoms with Crippen LogP contribution in [0.3, 0.4) is 0 Å². The van der Waals surface area contributed by atoms with Crippen molar-refractivity contribution in [3.63, 3.8) is 0 Å². The summed E-state index contributed by atoms with van der Waals surface area (Å²) >= 11 is 11.8. The number of carbonyl (C=O) groups excluding carboxylic acids is 5. The van der Waals surface area contributed by atoms with E-state index in [0.717, 1.165) is 16.5 Å². The van der Waals surface area contributed by atoms with Gasteiger partial charge >= 0.3 is 6.03 Å². The average Bonchev–Trinajstić information content (AvgIpc) is 3.09. The summed E-state index contributed by atoms with van der Waals surface area (Å²) < 4.78 is 0. The van der Waals surface area contributed by atoms with E-state index in [1.165, 1.54) is 0 Å². The quantitative estimate of drug-likeness (QED) is 0.407. The Balaban J connectivity index is 1.31. The number of urea groups is 1. The summed E-state index contributed by atoms with van der Waals surface area (Å²) in [6.45, 7) is 0.333. The van der Waals surface area contributed by atoms with Crippen LogP contribution in [-0.2, 0) is 25.6 Å². The van der Waals surface area contributed by atoms with E-state index in [9.17, 15) is 24.0 Å². The Hall–Kier alpha value is -3.89. The van der Waals surface area contributed by atoms with Crippen LogP contribution in [0.1, 0.15) is 18.4 Å². The molecular weight excluding hydrogens is 509 g/mol. The van der Waals surface area contributed by atoms with E-state index in [1.54, 1.807) is 36.4 Å². The first-order chi connectivity index (χ1) is 17.2. The number of hydrogen-bond donors (Lipinski definition) is 4. The largest absolute Gasteiger partial charge is 0.351 e. The van der Waals surface area contributed by atoms with Crippen LogP contribution in [0.15, 0.2) is 54.2 Å². The summed E-state index contributed by atoms with van der Waals surface area (Å²) in [6.07, 6.45) is 1.77. The molecule has 2 aliphatic heterocycles. The van der Waals surface area contributed by atoms with Crippen molar-refractivity contribution in [2.75, 3.05) is 17.2 Å². The van der Waals surface area contributed by atoms with Gasteiger partial charge in [-0.05, 0) is 48.7 Å². The van der Waals surface area contributed by atoms with E-state index in [1.807, 2.05) is 6.07 Å². The van der Waals surface area contributed by atoms with Crippen molar-refractivity contribution in [2.45, 2.75) is 25.3 Å². The van der Waals surface area contributed by atoms with E-state index < -0.39 is 35.7 Å². The molecule has 1 atom stereocenters. The molecule has 1 saturated heterocycles. The van der Waals surface area contributed by atoms with Crippen molar-refractivity contribution in [3.05, 3.63) is 69.8 Å². The van der Waals surface area contributed by atoms with E-state index in [-0.39, 0.29) is 18.5 Å². The highest BCUT2D eigenvalue weighted by Crippen LogP contribution is 2.25. The molecule has 0 aliphatic carbocycles. The average molecular weight is 530 g/mol. The molecule has 2 aromatic carbocycles. The van der Waals surface area contributed by atoms with E-state index in [2.05, 4.69) is 21.3 Å². The lowest BCUT2D eigenvalue weighted by atomic mass is 10.0. The predicted octanol–water partition coefficient (Wildman–Crippen LogP) is 2.83. The molecule has 0 radical (unpaired) electrons. The molecule has 0 aromatic heterocycles. The topological polar surface area (TPSA) is 137 Å². The molecule has 186 valence electrons. The van der Waals surface area contributed by atoms with Crippen LogP contribution in [0.25, 0.3) is 0 Å². The van der Waals surface area contributed by atoms with Gasteiger partial charge in [-0.15, -0.1) is 0 Å². The second-order valence-corrected chi connectivity index (χ2v) is 8.94. The molecule has 4 N–H and O–H groups in total. The van der Waals surface area contributed by atoms with Crippen LogP contribution in [0, 0.1) is 0 Å². The first-order valence-electron chi connectivity index (χ1n) is 11.0. The molecule has 0 saturated carbocycles. The number of nitrogens with zero attached hydrogens (tertiary/aromatic N) is 1. The summed E-state index contributed by atoms with van der Waals surface area (Å²) in [5, 5.41) is 11.2. The minimum absolute atomic E-state index is 0.0287. The highest BCUT2D eigenvalue weighted by Gasteiger charge is 2.42. The lowest BCUT2D eigenvalue weighted by Crippen LogP contribution is -2.54. The number of carbonyl (C=O) groups is 5. The summed E-state index contributed by atoms with van der Waals surface area (Å²) in [5.74, 6) is -2.36. The van der Waals surface area contributed by atoms with Gasteiger partial charge < -0.3 is 16.0 Å². The molecule has 12 heteroatoms. The molecule has 1 unspecified atom stereocenters.